The van der Waals surface area contributed by atoms with E-state index in [1.54, 1.807) is 0 Å². The van der Waals surface area contributed by atoms with E-state index in [-0.39, 0.29) is 5.41 Å². The molecule has 1 aromatic heterocycles. The molecule has 1 unspecified atom stereocenters. The zero-order valence-electron chi connectivity index (χ0n) is 13.9. The van der Waals surface area contributed by atoms with Crippen LogP contribution in [0.4, 0.5) is 0 Å². The third kappa shape index (κ3) is 4.18. The van der Waals surface area contributed by atoms with Crippen molar-refractivity contribution in [1.82, 2.24) is 15.1 Å². The Hall–Kier alpha value is -1.61. The van der Waals surface area contributed by atoms with Crippen LogP contribution < -0.4 is 5.32 Å². The molecular weight excluding hydrogens is 258 g/mol. The molecule has 21 heavy (non-hydrogen) atoms. The van der Waals surface area contributed by atoms with E-state index in [4.69, 9.17) is 0 Å². The third-order valence-corrected chi connectivity index (χ3v) is 3.81. The summed E-state index contributed by atoms with van der Waals surface area (Å²) in [5.74, 6) is 0. The fourth-order valence-electron chi connectivity index (χ4n) is 2.55. The molecule has 3 heteroatoms. The topological polar surface area (TPSA) is 29.9 Å². The zero-order chi connectivity index (χ0) is 15.5. The van der Waals surface area contributed by atoms with Gasteiger partial charge in [0.2, 0.25) is 0 Å². The Balaban J connectivity index is 2.17. The number of rotatable bonds is 5. The van der Waals surface area contributed by atoms with Gasteiger partial charge >= 0.3 is 0 Å². The monoisotopic (exact) mass is 285 g/mol. The predicted octanol–water partition coefficient (Wildman–Crippen LogP) is 3.61. The van der Waals surface area contributed by atoms with Crippen LogP contribution in [-0.4, -0.2) is 16.3 Å². The van der Waals surface area contributed by atoms with Gasteiger partial charge < -0.3 is 5.32 Å². The standard InChI is InChI=1S/C18H27N3/c1-6-19-17(13-16-11-12-21(5)20-16)14-7-9-15(10-8-14)18(2,3)4/h7-12,17,19H,6,13H2,1-5H3. The van der Waals surface area contributed by atoms with Crippen molar-refractivity contribution in [1.29, 1.82) is 0 Å². The molecule has 1 atom stereocenters. The SMILES string of the molecule is CCNC(Cc1ccn(C)n1)c1ccc(C(C)(C)C)cc1. The van der Waals surface area contributed by atoms with Gasteiger partial charge in [0.1, 0.15) is 0 Å². The number of hydrogen-bond acceptors (Lipinski definition) is 2. The van der Waals surface area contributed by atoms with Gasteiger partial charge in [0.15, 0.2) is 0 Å². The predicted molar refractivity (Wildman–Crippen MR) is 88.5 cm³/mol. The van der Waals surface area contributed by atoms with Crippen molar-refractivity contribution in [2.75, 3.05) is 6.54 Å². The average molecular weight is 285 g/mol. The summed E-state index contributed by atoms with van der Waals surface area (Å²) in [4.78, 5) is 0. The molecule has 0 saturated heterocycles. The van der Waals surface area contributed by atoms with Gasteiger partial charge in [0.25, 0.3) is 0 Å². The van der Waals surface area contributed by atoms with Crippen LogP contribution in [0.1, 0.15) is 50.6 Å². The molecule has 2 aromatic rings. The molecular formula is C18H27N3. The van der Waals surface area contributed by atoms with E-state index in [1.165, 1.54) is 11.1 Å². The molecule has 1 heterocycles. The lowest BCUT2D eigenvalue weighted by atomic mass is 9.86. The van der Waals surface area contributed by atoms with Crippen LogP contribution in [0.25, 0.3) is 0 Å². The van der Waals surface area contributed by atoms with Crippen LogP contribution >= 0.6 is 0 Å². The lowest BCUT2D eigenvalue weighted by molar-refractivity contribution is 0.538. The number of aromatic nitrogens is 2. The summed E-state index contributed by atoms with van der Waals surface area (Å²) in [7, 11) is 1.96. The minimum atomic E-state index is 0.202. The Morgan fingerprint density at radius 1 is 1.14 bits per heavy atom. The van der Waals surface area contributed by atoms with Crippen LogP contribution in [0, 0.1) is 0 Å². The number of benzene rings is 1. The van der Waals surface area contributed by atoms with Gasteiger partial charge in [0, 0.05) is 25.7 Å². The fourth-order valence-corrected chi connectivity index (χ4v) is 2.55. The number of aryl methyl sites for hydroxylation is 1. The van der Waals surface area contributed by atoms with Crippen molar-refractivity contribution < 1.29 is 0 Å². The molecule has 1 aromatic carbocycles. The molecule has 0 fully saturated rings. The Kier molecular flexibility index (Phi) is 4.84. The Morgan fingerprint density at radius 2 is 1.81 bits per heavy atom. The first-order chi connectivity index (χ1) is 9.90. The molecule has 0 radical (unpaired) electrons. The molecule has 0 aliphatic carbocycles. The van der Waals surface area contributed by atoms with E-state index in [1.807, 2.05) is 17.9 Å². The highest BCUT2D eigenvalue weighted by molar-refractivity contribution is 5.30. The lowest BCUT2D eigenvalue weighted by Gasteiger charge is -2.22. The van der Waals surface area contributed by atoms with Crippen LogP contribution in [0.2, 0.25) is 0 Å². The van der Waals surface area contributed by atoms with E-state index >= 15 is 0 Å². The Morgan fingerprint density at radius 3 is 2.29 bits per heavy atom. The fraction of sp³-hybridized carbons (Fsp3) is 0.500. The second kappa shape index (κ2) is 6.44. The molecule has 0 aliphatic heterocycles. The summed E-state index contributed by atoms with van der Waals surface area (Å²) in [5, 5.41) is 8.06. The van der Waals surface area contributed by atoms with Crippen molar-refractivity contribution in [2.24, 2.45) is 7.05 Å². The van der Waals surface area contributed by atoms with Gasteiger partial charge in [0.05, 0.1) is 5.69 Å². The number of likely N-dealkylation sites (N-methyl/N-ethyl adjacent to an activating group) is 1. The molecule has 0 saturated carbocycles. The van der Waals surface area contributed by atoms with E-state index in [2.05, 4.69) is 68.4 Å². The first-order valence-corrected chi connectivity index (χ1v) is 7.72. The first kappa shape index (κ1) is 15.8. The maximum Gasteiger partial charge on any atom is 0.0643 e. The summed E-state index contributed by atoms with van der Waals surface area (Å²) < 4.78 is 1.86. The normalized spacial score (nSPS) is 13.4. The van der Waals surface area contributed by atoms with Crippen LogP contribution in [0.15, 0.2) is 36.5 Å². The maximum absolute atomic E-state index is 4.49. The summed E-state index contributed by atoms with van der Waals surface area (Å²) in [6.45, 7) is 9.85. The van der Waals surface area contributed by atoms with Gasteiger partial charge in [-0.2, -0.15) is 5.10 Å². The third-order valence-electron chi connectivity index (χ3n) is 3.81. The summed E-state index contributed by atoms with van der Waals surface area (Å²) >= 11 is 0. The Bertz CT molecular complexity index is 561. The number of nitrogens with one attached hydrogen (secondary N) is 1. The van der Waals surface area contributed by atoms with Gasteiger partial charge in [-0.3, -0.25) is 4.68 Å². The highest BCUT2D eigenvalue weighted by atomic mass is 15.2. The first-order valence-electron chi connectivity index (χ1n) is 7.72. The second-order valence-electron chi connectivity index (χ2n) is 6.67. The van der Waals surface area contributed by atoms with Crippen molar-refractivity contribution in [3.05, 3.63) is 53.3 Å². The number of hydrogen-bond donors (Lipinski definition) is 1. The van der Waals surface area contributed by atoms with Crippen molar-refractivity contribution >= 4 is 0 Å². The highest BCUT2D eigenvalue weighted by Crippen LogP contribution is 2.25. The summed E-state index contributed by atoms with van der Waals surface area (Å²) in [6.07, 6.45) is 2.92. The van der Waals surface area contributed by atoms with Gasteiger partial charge in [-0.05, 0) is 29.2 Å². The number of nitrogens with zero attached hydrogens (tertiary/aromatic N) is 2. The van der Waals surface area contributed by atoms with Crippen molar-refractivity contribution in [3.8, 4) is 0 Å². The summed E-state index contributed by atoms with van der Waals surface area (Å²) in [6, 6.07) is 11.4. The quantitative estimate of drug-likeness (QED) is 0.909. The molecule has 2 rings (SSSR count). The van der Waals surface area contributed by atoms with Crippen LogP contribution in [0.5, 0.6) is 0 Å². The molecule has 0 aliphatic rings. The van der Waals surface area contributed by atoms with E-state index in [0.717, 1.165) is 18.7 Å². The smallest absolute Gasteiger partial charge is 0.0643 e. The molecule has 1 N–H and O–H groups in total. The van der Waals surface area contributed by atoms with Gasteiger partial charge in [-0.25, -0.2) is 0 Å². The molecule has 114 valence electrons. The molecule has 0 amide bonds. The minimum absolute atomic E-state index is 0.202. The van der Waals surface area contributed by atoms with Crippen molar-refractivity contribution in [3.63, 3.8) is 0 Å². The molecule has 0 bridgehead atoms. The van der Waals surface area contributed by atoms with E-state index in [0.29, 0.717) is 6.04 Å². The van der Waals surface area contributed by atoms with Gasteiger partial charge in [-0.15, -0.1) is 0 Å². The maximum atomic E-state index is 4.49. The average Bonchev–Trinajstić information content (AvgIpc) is 2.83. The zero-order valence-corrected chi connectivity index (χ0v) is 13.9. The largest absolute Gasteiger partial charge is 0.310 e. The van der Waals surface area contributed by atoms with Crippen LogP contribution in [0.3, 0.4) is 0 Å². The van der Waals surface area contributed by atoms with Gasteiger partial charge in [-0.1, -0.05) is 52.0 Å². The molecule has 3 nitrogen and oxygen atoms in total. The van der Waals surface area contributed by atoms with Crippen molar-refractivity contribution in [2.45, 2.75) is 45.6 Å². The lowest BCUT2D eigenvalue weighted by Crippen LogP contribution is -2.23. The second-order valence-corrected chi connectivity index (χ2v) is 6.67. The van der Waals surface area contributed by atoms with Crippen LogP contribution in [-0.2, 0) is 18.9 Å². The molecule has 0 spiro atoms. The highest BCUT2D eigenvalue weighted by Gasteiger charge is 2.16. The van der Waals surface area contributed by atoms with E-state index < -0.39 is 0 Å². The van der Waals surface area contributed by atoms with E-state index in [9.17, 15) is 0 Å². The Labute approximate surface area is 128 Å². The summed E-state index contributed by atoms with van der Waals surface area (Å²) in [5.41, 5.74) is 4.03. The minimum Gasteiger partial charge on any atom is -0.310 e.